The molecule has 0 radical (unpaired) electrons. The van der Waals surface area contributed by atoms with E-state index in [0.717, 1.165) is 0 Å². The minimum Gasteiger partial charge on any atom is -0.396 e. The summed E-state index contributed by atoms with van der Waals surface area (Å²) >= 11 is 0. The van der Waals surface area contributed by atoms with Crippen LogP contribution in [-0.4, -0.2) is 77.5 Å². The fourth-order valence-corrected chi connectivity index (χ4v) is 6.11. The normalized spacial score (nSPS) is 15.1. The first-order valence-corrected chi connectivity index (χ1v) is 9.20. The zero-order valence-electron chi connectivity index (χ0n) is 10.2. The van der Waals surface area contributed by atoms with Gasteiger partial charge in [-0.2, -0.15) is 25.3 Å². The predicted octanol–water partition coefficient (Wildman–Crippen LogP) is -3.34. The Kier molecular flexibility index (Phi) is 5.90. The number of rotatable bonds is 8. The van der Waals surface area contributed by atoms with Crippen LogP contribution in [0.3, 0.4) is 0 Å². The summed E-state index contributed by atoms with van der Waals surface area (Å²) in [6.45, 7) is -3.99. The van der Waals surface area contributed by atoms with Crippen LogP contribution in [-0.2, 0) is 30.4 Å². The number of hydrogen-bond donors (Lipinski definition) is 6. The van der Waals surface area contributed by atoms with Crippen LogP contribution in [0.15, 0.2) is 0 Å². The van der Waals surface area contributed by atoms with Crippen molar-refractivity contribution in [3.63, 3.8) is 0 Å². The lowest BCUT2D eigenvalue weighted by molar-refractivity contribution is -0.000651. The van der Waals surface area contributed by atoms with E-state index in [9.17, 15) is 25.3 Å². The van der Waals surface area contributed by atoms with E-state index in [0.29, 0.717) is 0 Å². The average molecular weight is 374 g/mol. The van der Waals surface area contributed by atoms with E-state index in [2.05, 4.69) is 0 Å². The topological polar surface area (TPSA) is 224 Å². The van der Waals surface area contributed by atoms with E-state index in [4.69, 9.17) is 29.0 Å². The molecule has 0 amide bonds. The van der Waals surface area contributed by atoms with Gasteiger partial charge >= 0.3 is 33.8 Å². The summed E-state index contributed by atoms with van der Waals surface area (Å²) in [7, 11) is -18.6. The largest absolute Gasteiger partial charge is 0.396 e. The molecule has 12 nitrogen and oxygen atoms in total. The lowest BCUT2D eigenvalue weighted by atomic mass is 9.88. The summed E-state index contributed by atoms with van der Waals surface area (Å²) in [5.41, 5.74) is -2.47. The van der Waals surface area contributed by atoms with Gasteiger partial charge in [-0.05, 0) is 0 Å². The molecule has 0 aromatic heterocycles. The third kappa shape index (κ3) is 3.51. The summed E-state index contributed by atoms with van der Waals surface area (Å²) in [4.78, 5) is 0. The Morgan fingerprint density at radius 3 is 1.00 bits per heavy atom. The third-order valence-corrected chi connectivity index (χ3v) is 9.36. The quantitative estimate of drug-likeness (QED) is 0.229. The minimum atomic E-state index is -6.21. The van der Waals surface area contributed by atoms with Gasteiger partial charge < -0.3 is 15.3 Å². The smallest absolute Gasteiger partial charge is 0.346 e. The molecule has 0 aliphatic carbocycles. The maximum absolute atomic E-state index is 11.2. The van der Waals surface area contributed by atoms with Crippen molar-refractivity contribution < 1.29 is 54.2 Å². The van der Waals surface area contributed by atoms with Crippen molar-refractivity contribution in [2.75, 3.05) is 19.8 Å². The van der Waals surface area contributed by atoms with Crippen LogP contribution in [0.5, 0.6) is 0 Å². The van der Waals surface area contributed by atoms with Gasteiger partial charge in [0.1, 0.15) is 0 Å². The second kappa shape index (κ2) is 6.01. The van der Waals surface area contributed by atoms with E-state index in [1.54, 1.807) is 0 Å². The average Bonchev–Trinajstić information content (AvgIpc) is 2.26. The van der Waals surface area contributed by atoms with Crippen LogP contribution in [0.25, 0.3) is 0 Å². The van der Waals surface area contributed by atoms with Crippen molar-refractivity contribution in [1.82, 2.24) is 0 Å². The first kappa shape index (κ1) is 20.6. The zero-order chi connectivity index (χ0) is 17.3. The molecule has 6 N–H and O–H groups in total. The van der Waals surface area contributed by atoms with Gasteiger partial charge in [-0.15, -0.1) is 0 Å². The van der Waals surface area contributed by atoms with E-state index >= 15 is 0 Å². The first-order chi connectivity index (χ1) is 9.14. The van der Waals surface area contributed by atoms with Gasteiger partial charge in [-0.25, -0.2) is 0 Å². The summed E-state index contributed by atoms with van der Waals surface area (Å²) in [6, 6.07) is 0. The van der Waals surface area contributed by atoms with Gasteiger partial charge in [0.15, 0.2) is 0 Å². The number of aliphatic hydroxyl groups is 3. The molecule has 0 spiro atoms. The lowest BCUT2D eigenvalue weighted by Gasteiger charge is -2.34. The maximum Gasteiger partial charge on any atom is 0.346 e. The highest BCUT2D eigenvalue weighted by Gasteiger charge is 2.68. The van der Waals surface area contributed by atoms with Crippen molar-refractivity contribution in [2.45, 2.75) is 9.83 Å². The Morgan fingerprint density at radius 2 is 0.857 bits per heavy atom. The van der Waals surface area contributed by atoms with Crippen molar-refractivity contribution in [3.05, 3.63) is 0 Å². The Morgan fingerprint density at radius 1 is 0.619 bits per heavy atom. The highest BCUT2D eigenvalue weighted by molar-refractivity contribution is 8.21. The Balaban J connectivity index is 6.77. The molecule has 0 aliphatic rings. The fraction of sp³-hybridized carbons (Fsp3) is 1.00. The predicted molar refractivity (Wildman–Crippen MR) is 65.7 cm³/mol. The third-order valence-electron chi connectivity index (χ3n) is 2.78. The van der Waals surface area contributed by atoms with E-state index in [1.807, 2.05) is 0 Å². The molecule has 0 bridgehead atoms. The molecule has 0 fully saturated rings. The van der Waals surface area contributed by atoms with Gasteiger partial charge in [-0.3, -0.25) is 13.7 Å². The SMILES string of the molecule is O=S(=O)(O)C(CC(CO)(CO)CO)(S(=O)(=O)O)S(=O)(=O)O. The van der Waals surface area contributed by atoms with Gasteiger partial charge in [0, 0.05) is 11.8 Å². The number of aliphatic hydroxyl groups excluding tert-OH is 3. The zero-order valence-corrected chi connectivity index (χ0v) is 12.6. The molecule has 0 unspecified atom stereocenters. The molecule has 15 heteroatoms. The molecule has 0 heterocycles. The van der Waals surface area contributed by atoms with Gasteiger partial charge in [0.05, 0.1) is 19.8 Å². The maximum atomic E-state index is 11.2. The summed E-state index contributed by atoms with van der Waals surface area (Å²) < 4.78 is 89.3. The van der Waals surface area contributed by atoms with Gasteiger partial charge in [0.2, 0.25) is 0 Å². The number of hydrogen-bond acceptors (Lipinski definition) is 9. The van der Waals surface area contributed by atoms with Crippen molar-refractivity contribution in [2.24, 2.45) is 5.41 Å². The summed E-state index contributed by atoms with van der Waals surface area (Å²) in [5.74, 6) is 0. The second-order valence-electron chi connectivity index (χ2n) is 4.26. The molecule has 0 saturated heterocycles. The Labute approximate surface area is 120 Å². The first-order valence-electron chi connectivity index (χ1n) is 4.88. The standard InChI is InChI=1S/C6H14O12S3/c7-2-5(3-8,4-9)1-6(19(10,11)12,20(13,14)15)21(16,17)18/h7-9H,1-4H2,(H,10,11,12)(H,13,14,15)(H,16,17,18). The van der Waals surface area contributed by atoms with Gasteiger partial charge in [0.25, 0.3) is 0 Å². The lowest BCUT2D eigenvalue weighted by Crippen LogP contribution is -2.57. The van der Waals surface area contributed by atoms with E-state index in [1.165, 1.54) is 0 Å². The van der Waals surface area contributed by atoms with Gasteiger partial charge in [-0.1, -0.05) is 0 Å². The molecule has 0 atom stereocenters. The molecular formula is C6H14O12S3. The van der Waals surface area contributed by atoms with Crippen LogP contribution in [0.4, 0.5) is 0 Å². The van der Waals surface area contributed by atoms with Crippen LogP contribution in [0.1, 0.15) is 6.42 Å². The van der Waals surface area contributed by atoms with Crippen molar-refractivity contribution in [3.8, 4) is 0 Å². The molecule has 0 aliphatic heterocycles. The molecule has 0 saturated carbocycles. The van der Waals surface area contributed by atoms with E-state index in [-0.39, 0.29) is 0 Å². The highest BCUT2D eigenvalue weighted by Crippen LogP contribution is 2.40. The van der Waals surface area contributed by atoms with Crippen LogP contribution >= 0.6 is 0 Å². The summed E-state index contributed by atoms with van der Waals surface area (Å²) in [6.07, 6.45) is -1.93. The molecular weight excluding hydrogens is 360 g/mol. The monoisotopic (exact) mass is 374 g/mol. The molecule has 0 aromatic carbocycles. The van der Waals surface area contributed by atoms with Crippen molar-refractivity contribution >= 4 is 30.4 Å². The second-order valence-corrected chi connectivity index (χ2v) is 9.98. The van der Waals surface area contributed by atoms with Crippen LogP contribution in [0.2, 0.25) is 0 Å². The molecule has 21 heavy (non-hydrogen) atoms. The molecule has 128 valence electrons. The summed E-state index contributed by atoms with van der Waals surface area (Å²) in [5, 5.41) is 27.0. The van der Waals surface area contributed by atoms with Crippen LogP contribution in [0, 0.1) is 5.41 Å². The van der Waals surface area contributed by atoms with E-state index < -0.39 is 65.4 Å². The highest BCUT2D eigenvalue weighted by atomic mass is 32.3. The molecule has 0 rings (SSSR count). The van der Waals surface area contributed by atoms with Crippen molar-refractivity contribution in [1.29, 1.82) is 0 Å². The fourth-order valence-electron chi connectivity index (χ4n) is 1.45. The minimum absolute atomic E-state index is 1.33. The van der Waals surface area contributed by atoms with Crippen LogP contribution < -0.4 is 0 Å². The molecule has 0 aromatic rings. The Hall–Kier alpha value is -0.390. The Bertz CT molecular complexity index is 579.